The van der Waals surface area contributed by atoms with Crippen LogP contribution in [-0.4, -0.2) is 49.9 Å². The molecule has 6 heteroatoms. The monoisotopic (exact) mass is 391 g/mol. The Morgan fingerprint density at radius 1 is 1.23 bits per heavy atom. The molecule has 1 heterocycles. The van der Waals surface area contributed by atoms with Crippen LogP contribution in [0.25, 0.3) is 0 Å². The average Bonchev–Trinajstić information content (AvgIpc) is 2.55. The summed E-state index contributed by atoms with van der Waals surface area (Å²) in [4.78, 5) is 16.0. The molecule has 0 aromatic heterocycles. The number of rotatable bonds is 4. The molecule has 0 aliphatic carbocycles. The van der Waals surface area contributed by atoms with Gasteiger partial charge >= 0.3 is 0 Å². The molecule has 0 saturated carbocycles. The largest absolute Gasteiger partial charge is 0.325 e. The Hall–Kier alpha value is -1.59. The molecule has 1 amide bonds. The van der Waals surface area contributed by atoms with Crippen LogP contribution in [-0.2, 0) is 11.3 Å². The summed E-state index contributed by atoms with van der Waals surface area (Å²) in [6.07, 6.45) is 0. The van der Waals surface area contributed by atoms with Gasteiger partial charge in [-0.15, -0.1) is 0 Å². The van der Waals surface area contributed by atoms with Crippen LogP contribution >= 0.6 is 23.2 Å². The summed E-state index contributed by atoms with van der Waals surface area (Å²) >= 11 is 12.7. The smallest absolute Gasteiger partial charge is 0.238 e. The molecule has 26 heavy (non-hydrogen) atoms. The van der Waals surface area contributed by atoms with E-state index in [1.807, 2.05) is 43.3 Å². The van der Waals surface area contributed by atoms with Gasteiger partial charge in [-0.2, -0.15) is 0 Å². The maximum atomic E-state index is 11.9. The molecule has 2 aromatic carbocycles. The highest BCUT2D eigenvalue weighted by molar-refractivity contribution is 6.35. The summed E-state index contributed by atoms with van der Waals surface area (Å²) < 4.78 is 0. The maximum absolute atomic E-state index is 11.9. The Balaban J connectivity index is 1.85. The molecule has 1 atom stereocenters. The Bertz CT molecular complexity index is 805. The maximum Gasteiger partial charge on any atom is 0.238 e. The second-order valence-corrected chi connectivity index (χ2v) is 7.96. The minimum Gasteiger partial charge on any atom is -0.325 e. The number of carbonyl (C=O) groups is 1. The second-order valence-electron chi connectivity index (χ2n) is 7.11. The first kappa shape index (κ1) is 19.2. The topological polar surface area (TPSA) is 35.6 Å². The summed E-state index contributed by atoms with van der Waals surface area (Å²) in [6, 6.07) is 11.8. The highest BCUT2D eigenvalue weighted by atomic mass is 35.5. The van der Waals surface area contributed by atoms with Gasteiger partial charge in [0, 0.05) is 34.7 Å². The molecule has 1 aliphatic rings. The zero-order valence-corrected chi connectivity index (χ0v) is 16.7. The number of fused-ring (bicyclic) bond motifs is 1. The van der Waals surface area contributed by atoms with Gasteiger partial charge in [-0.25, -0.2) is 0 Å². The molecule has 0 spiro atoms. The Morgan fingerprint density at radius 2 is 1.92 bits per heavy atom. The summed E-state index contributed by atoms with van der Waals surface area (Å²) in [5.41, 5.74) is 4.30. The van der Waals surface area contributed by atoms with Gasteiger partial charge in [0.05, 0.1) is 6.54 Å². The third kappa shape index (κ3) is 4.38. The van der Waals surface area contributed by atoms with Gasteiger partial charge < -0.3 is 15.1 Å². The van der Waals surface area contributed by atoms with Crippen molar-refractivity contribution < 1.29 is 4.79 Å². The van der Waals surface area contributed by atoms with Crippen molar-refractivity contribution in [2.24, 2.45) is 0 Å². The van der Waals surface area contributed by atoms with Crippen molar-refractivity contribution in [3.8, 4) is 0 Å². The summed E-state index contributed by atoms with van der Waals surface area (Å²) in [5, 5.41) is 4.30. The highest BCUT2D eigenvalue weighted by Crippen LogP contribution is 2.38. The van der Waals surface area contributed by atoms with E-state index in [4.69, 9.17) is 23.2 Å². The SMILES string of the molecule is CN(C)CC(=O)Nc1ccc(C2CN(C)Cc3c(Cl)cc(Cl)cc32)cc1. The average molecular weight is 392 g/mol. The third-order valence-corrected chi connectivity index (χ3v) is 5.10. The quantitative estimate of drug-likeness (QED) is 0.852. The first-order valence-electron chi connectivity index (χ1n) is 8.54. The van der Waals surface area contributed by atoms with Crippen LogP contribution in [0.3, 0.4) is 0 Å². The molecule has 0 saturated heterocycles. The number of nitrogens with zero attached hydrogens (tertiary/aromatic N) is 2. The Kier molecular flexibility index (Phi) is 5.88. The number of likely N-dealkylation sites (N-methyl/N-ethyl adjacent to an activating group) is 2. The minimum atomic E-state index is -0.0240. The summed E-state index contributed by atoms with van der Waals surface area (Å²) in [7, 11) is 5.84. The van der Waals surface area contributed by atoms with Gasteiger partial charge in [0.15, 0.2) is 0 Å². The van der Waals surface area contributed by atoms with Crippen LogP contribution in [0.1, 0.15) is 22.6 Å². The molecule has 0 radical (unpaired) electrons. The molecule has 1 unspecified atom stereocenters. The Labute approximate surface area is 164 Å². The van der Waals surface area contributed by atoms with Crippen LogP contribution in [0.4, 0.5) is 5.69 Å². The van der Waals surface area contributed by atoms with Crippen LogP contribution in [0.2, 0.25) is 10.0 Å². The van der Waals surface area contributed by atoms with Crippen molar-refractivity contribution in [2.75, 3.05) is 39.5 Å². The van der Waals surface area contributed by atoms with E-state index >= 15 is 0 Å². The number of carbonyl (C=O) groups excluding carboxylic acids is 1. The molecule has 0 bridgehead atoms. The Morgan fingerprint density at radius 3 is 2.58 bits per heavy atom. The van der Waals surface area contributed by atoms with E-state index in [1.54, 1.807) is 0 Å². The van der Waals surface area contributed by atoms with Crippen LogP contribution in [0.15, 0.2) is 36.4 Å². The minimum absolute atomic E-state index is 0.0240. The molecule has 138 valence electrons. The fourth-order valence-corrected chi connectivity index (χ4v) is 3.99. The molecule has 1 N–H and O–H groups in total. The van der Waals surface area contributed by atoms with E-state index in [-0.39, 0.29) is 11.8 Å². The van der Waals surface area contributed by atoms with Crippen LogP contribution < -0.4 is 5.32 Å². The van der Waals surface area contributed by atoms with Crippen molar-refractivity contribution in [3.63, 3.8) is 0 Å². The lowest BCUT2D eigenvalue weighted by Gasteiger charge is -2.33. The molecule has 4 nitrogen and oxygen atoms in total. The number of hydrogen-bond acceptors (Lipinski definition) is 3. The van der Waals surface area contributed by atoms with Crippen molar-refractivity contribution >= 4 is 34.8 Å². The van der Waals surface area contributed by atoms with Crippen molar-refractivity contribution in [3.05, 3.63) is 63.1 Å². The van der Waals surface area contributed by atoms with E-state index < -0.39 is 0 Å². The molecule has 3 rings (SSSR count). The predicted molar refractivity (Wildman–Crippen MR) is 108 cm³/mol. The van der Waals surface area contributed by atoms with E-state index in [2.05, 4.69) is 29.4 Å². The lowest BCUT2D eigenvalue weighted by molar-refractivity contribution is -0.116. The zero-order chi connectivity index (χ0) is 18.8. The highest BCUT2D eigenvalue weighted by Gasteiger charge is 2.27. The number of anilines is 1. The van der Waals surface area contributed by atoms with E-state index in [9.17, 15) is 4.79 Å². The number of hydrogen-bond donors (Lipinski definition) is 1. The summed E-state index contributed by atoms with van der Waals surface area (Å²) in [5.74, 6) is 0.176. The van der Waals surface area contributed by atoms with Crippen molar-refractivity contribution in [2.45, 2.75) is 12.5 Å². The predicted octanol–water partition coefficient (Wildman–Crippen LogP) is 4.07. The van der Waals surface area contributed by atoms with Gasteiger partial charge in [0.1, 0.15) is 0 Å². The third-order valence-electron chi connectivity index (χ3n) is 4.55. The molecule has 0 fully saturated rings. The van der Waals surface area contributed by atoms with E-state index in [0.29, 0.717) is 11.6 Å². The second kappa shape index (κ2) is 7.97. The van der Waals surface area contributed by atoms with E-state index in [0.717, 1.165) is 29.4 Å². The normalized spacial score (nSPS) is 17.2. The van der Waals surface area contributed by atoms with E-state index in [1.165, 1.54) is 11.1 Å². The lowest BCUT2D eigenvalue weighted by Crippen LogP contribution is -2.31. The fraction of sp³-hybridized carbons (Fsp3) is 0.350. The lowest BCUT2D eigenvalue weighted by atomic mass is 9.84. The number of halogens is 2. The zero-order valence-electron chi connectivity index (χ0n) is 15.2. The summed E-state index contributed by atoms with van der Waals surface area (Å²) in [6.45, 7) is 2.08. The standard InChI is InChI=1S/C20H23Cl2N3O/c1-24(2)12-20(26)23-15-6-4-13(5-7-15)17-10-25(3)11-18-16(17)8-14(21)9-19(18)22/h4-9,17H,10-12H2,1-3H3,(H,23,26). The number of nitrogens with one attached hydrogen (secondary N) is 1. The van der Waals surface area contributed by atoms with Crippen molar-refractivity contribution in [1.29, 1.82) is 0 Å². The molecule has 1 aliphatic heterocycles. The molecule has 2 aromatic rings. The van der Waals surface area contributed by atoms with Gasteiger partial charge in [-0.1, -0.05) is 35.3 Å². The van der Waals surface area contributed by atoms with Gasteiger partial charge in [-0.05, 0) is 62.1 Å². The van der Waals surface area contributed by atoms with Crippen LogP contribution in [0.5, 0.6) is 0 Å². The molecular weight excluding hydrogens is 369 g/mol. The van der Waals surface area contributed by atoms with Crippen molar-refractivity contribution in [1.82, 2.24) is 9.80 Å². The van der Waals surface area contributed by atoms with Gasteiger partial charge in [0.25, 0.3) is 0 Å². The first-order chi connectivity index (χ1) is 12.3. The molecular formula is C20H23Cl2N3O. The van der Waals surface area contributed by atoms with Gasteiger partial charge in [0.2, 0.25) is 5.91 Å². The first-order valence-corrected chi connectivity index (χ1v) is 9.30. The number of amides is 1. The fourth-order valence-electron chi connectivity index (χ4n) is 3.42. The van der Waals surface area contributed by atoms with Crippen LogP contribution in [0, 0.1) is 0 Å². The van der Waals surface area contributed by atoms with Gasteiger partial charge in [-0.3, -0.25) is 4.79 Å². The number of benzene rings is 2.